The molecule has 2 unspecified atom stereocenters. The lowest BCUT2D eigenvalue weighted by molar-refractivity contribution is -0.137. The molecule has 1 aliphatic heterocycles. The van der Waals surface area contributed by atoms with Crippen LogP contribution in [0, 0.1) is 5.92 Å². The number of hydrogen-bond acceptors (Lipinski definition) is 4. The first-order chi connectivity index (χ1) is 12.8. The monoisotopic (exact) mass is 374 g/mol. The highest BCUT2D eigenvalue weighted by Crippen LogP contribution is 2.41. The number of rotatable bonds is 5. The zero-order valence-corrected chi connectivity index (χ0v) is 14.2. The fourth-order valence-corrected chi connectivity index (χ4v) is 3.22. The molecule has 7 heteroatoms. The van der Waals surface area contributed by atoms with Crippen LogP contribution in [0.15, 0.2) is 73.4 Å². The molecule has 140 valence electrons. The molecule has 0 amide bonds. The quantitative estimate of drug-likeness (QED) is 0.617. The zero-order chi connectivity index (χ0) is 19.6. The van der Waals surface area contributed by atoms with Crippen LogP contribution in [0.25, 0.3) is 0 Å². The van der Waals surface area contributed by atoms with Crippen LogP contribution in [-0.4, -0.2) is 27.3 Å². The highest BCUT2D eigenvalue weighted by Gasteiger charge is 2.41. The number of aliphatic hydroxyl groups excluding tert-OH is 1. The van der Waals surface area contributed by atoms with Crippen molar-refractivity contribution in [2.75, 3.05) is 6.54 Å². The molecule has 0 radical (unpaired) electrons. The normalized spacial score (nSPS) is 19.7. The minimum atomic E-state index is -4.44. The minimum Gasteiger partial charge on any atom is -0.510 e. The van der Waals surface area contributed by atoms with E-state index >= 15 is 0 Å². The second-order valence-corrected chi connectivity index (χ2v) is 6.19. The highest BCUT2D eigenvalue weighted by atomic mass is 19.4. The summed E-state index contributed by atoms with van der Waals surface area (Å²) in [6.45, 7) is 3.98. The number of aromatic nitrogens is 1. The van der Waals surface area contributed by atoms with Crippen LogP contribution in [0.2, 0.25) is 0 Å². The van der Waals surface area contributed by atoms with E-state index in [2.05, 4.69) is 11.6 Å². The summed E-state index contributed by atoms with van der Waals surface area (Å²) in [4.78, 5) is 18.5. The Hall–Kier alpha value is -3.09. The summed E-state index contributed by atoms with van der Waals surface area (Å²) < 4.78 is 38.5. The number of pyridine rings is 1. The molecular weight excluding hydrogens is 357 g/mol. The van der Waals surface area contributed by atoms with Gasteiger partial charge in [0.15, 0.2) is 5.78 Å². The van der Waals surface area contributed by atoms with Gasteiger partial charge in [-0.25, -0.2) is 0 Å². The first kappa shape index (κ1) is 18.7. The van der Waals surface area contributed by atoms with Gasteiger partial charge in [-0.3, -0.25) is 9.78 Å². The summed E-state index contributed by atoms with van der Waals surface area (Å²) in [5.74, 6) is -1.44. The Morgan fingerprint density at radius 3 is 2.52 bits per heavy atom. The van der Waals surface area contributed by atoms with Crippen molar-refractivity contribution >= 4 is 5.78 Å². The first-order valence-corrected chi connectivity index (χ1v) is 8.21. The smallest absolute Gasteiger partial charge is 0.416 e. The predicted molar refractivity (Wildman–Crippen MR) is 93.9 cm³/mol. The number of hydrogen-bond donors (Lipinski definition) is 1. The maximum Gasteiger partial charge on any atom is 0.416 e. The van der Waals surface area contributed by atoms with Crippen LogP contribution >= 0.6 is 0 Å². The van der Waals surface area contributed by atoms with Gasteiger partial charge in [0.25, 0.3) is 0 Å². The molecule has 3 rings (SSSR count). The number of carbonyl (C=O) groups excluding carboxylic acids is 1. The average Bonchev–Trinajstić information content (AvgIpc) is 2.97. The van der Waals surface area contributed by atoms with Gasteiger partial charge in [-0.1, -0.05) is 18.2 Å². The summed E-state index contributed by atoms with van der Waals surface area (Å²) in [5, 5.41) is 10.4. The summed E-state index contributed by atoms with van der Waals surface area (Å²) >= 11 is 0. The molecule has 1 aromatic heterocycles. The Balaban J connectivity index is 2.00. The van der Waals surface area contributed by atoms with E-state index in [1.165, 1.54) is 30.7 Å². The second kappa shape index (κ2) is 7.26. The number of carbonyl (C=O) groups is 1. The molecule has 0 spiro atoms. The van der Waals surface area contributed by atoms with Crippen LogP contribution in [0.3, 0.4) is 0 Å². The second-order valence-electron chi connectivity index (χ2n) is 6.19. The van der Waals surface area contributed by atoms with E-state index in [1.54, 1.807) is 23.1 Å². The van der Waals surface area contributed by atoms with Gasteiger partial charge >= 0.3 is 6.18 Å². The Morgan fingerprint density at radius 2 is 1.96 bits per heavy atom. The van der Waals surface area contributed by atoms with Gasteiger partial charge in [0.1, 0.15) is 11.7 Å². The fraction of sp³-hybridized carbons (Fsp3) is 0.200. The van der Waals surface area contributed by atoms with Gasteiger partial charge in [-0.2, -0.15) is 13.2 Å². The average molecular weight is 374 g/mol. The minimum absolute atomic E-state index is 0.143. The highest BCUT2D eigenvalue weighted by molar-refractivity contribution is 5.99. The topological polar surface area (TPSA) is 53.4 Å². The molecule has 0 saturated heterocycles. The Morgan fingerprint density at radius 1 is 1.26 bits per heavy atom. The lowest BCUT2D eigenvalue weighted by Gasteiger charge is -2.28. The number of aliphatic hydroxyl groups is 1. The third-order valence-corrected chi connectivity index (χ3v) is 4.44. The molecule has 0 saturated carbocycles. The Labute approximate surface area is 154 Å². The van der Waals surface area contributed by atoms with Crippen molar-refractivity contribution < 1.29 is 23.1 Å². The van der Waals surface area contributed by atoms with Crippen LogP contribution in [-0.2, 0) is 6.18 Å². The SMILES string of the molecule is C=CCN1C=C(O)C(C(=O)c2cccnc2)C1c1ccc(C(F)(F)F)cc1. The van der Waals surface area contributed by atoms with E-state index in [9.17, 15) is 23.1 Å². The molecular formula is C20H17F3N2O2. The van der Waals surface area contributed by atoms with Crippen molar-refractivity contribution in [2.45, 2.75) is 12.2 Å². The number of nitrogens with zero attached hydrogens (tertiary/aromatic N) is 2. The van der Waals surface area contributed by atoms with Gasteiger partial charge in [0, 0.05) is 30.7 Å². The van der Waals surface area contributed by atoms with Crippen LogP contribution in [0.1, 0.15) is 27.5 Å². The van der Waals surface area contributed by atoms with Gasteiger partial charge in [-0.15, -0.1) is 6.58 Å². The van der Waals surface area contributed by atoms with E-state index < -0.39 is 23.7 Å². The van der Waals surface area contributed by atoms with Crippen LogP contribution < -0.4 is 0 Å². The summed E-state index contributed by atoms with van der Waals surface area (Å²) in [7, 11) is 0. The standard InChI is InChI=1S/C20H17F3N2O2/c1-2-10-25-12-16(26)17(19(27)14-4-3-9-24-11-14)18(25)13-5-7-15(8-6-13)20(21,22)23/h2-9,11-12,17-18,26H,1,10H2. The maximum atomic E-state index is 12.9. The summed E-state index contributed by atoms with van der Waals surface area (Å²) in [5.41, 5.74) is 0.0408. The number of benzene rings is 1. The lowest BCUT2D eigenvalue weighted by Crippen LogP contribution is -2.29. The number of alkyl halides is 3. The van der Waals surface area contributed by atoms with Crippen molar-refractivity contribution in [3.05, 3.63) is 90.1 Å². The van der Waals surface area contributed by atoms with E-state index in [4.69, 9.17) is 0 Å². The summed E-state index contributed by atoms with van der Waals surface area (Å²) in [6, 6.07) is 7.17. The first-order valence-electron chi connectivity index (χ1n) is 8.21. The van der Waals surface area contributed by atoms with E-state index in [1.807, 2.05) is 0 Å². The van der Waals surface area contributed by atoms with Gasteiger partial charge in [0.2, 0.25) is 0 Å². The van der Waals surface area contributed by atoms with E-state index in [0.717, 1.165) is 12.1 Å². The third kappa shape index (κ3) is 3.72. The molecule has 0 bridgehead atoms. The molecule has 1 aromatic carbocycles. The lowest BCUT2D eigenvalue weighted by atomic mass is 9.87. The molecule has 2 heterocycles. The molecule has 1 aliphatic rings. The van der Waals surface area contributed by atoms with Gasteiger partial charge in [0.05, 0.1) is 11.6 Å². The van der Waals surface area contributed by atoms with Gasteiger partial charge < -0.3 is 10.0 Å². The van der Waals surface area contributed by atoms with Crippen molar-refractivity contribution in [1.29, 1.82) is 0 Å². The largest absolute Gasteiger partial charge is 0.510 e. The molecule has 0 fully saturated rings. The molecule has 2 aromatic rings. The number of ketones is 1. The van der Waals surface area contributed by atoms with Crippen molar-refractivity contribution in [3.63, 3.8) is 0 Å². The van der Waals surface area contributed by atoms with Crippen molar-refractivity contribution in [3.8, 4) is 0 Å². The van der Waals surface area contributed by atoms with E-state index in [0.29, 0.717) is 17.7 Å². The Kier molecular flexibility index (Phi) is 5.03. The van der Waals surface area contributed by atoms with Gasteiger partial charge in [-0.05, 0) is 29.8 Å². The molecule has 27 heavy (non-hydrogen) atoms. The van der Waals surface area contributed by atoms with Crippen LogP contribution in [0.5, 0.6) is 0 Å². The third-order valence-electron chi connectivity index (χ3n) is 4.44. The number of halogens is 3. The summed E-state index contributed by atoms with van der Waals surface area (Å²) in [6.07, 6.45) is 1.51. The molecule has 4 nitrogen and oxygen atoms in total. The maximum absolute atomic E-state index is 12.9. The zero-order valence-electron chi connectivity index (χ0n) is 14.2. The molecule has 1 N–H and O–H groups in total. The van der Waals surface area contributed by atoms with E-state index in [-0.39, 0.29) is 11.5 Å². The molecule has 0 aliphatic carbocycles. The number of Topliss-reactive ketones (excluding diaryl/α,β-unsaturated/α-hetero) is 1. The van der Waals surface area contributed by atoms with Crippen LogP contribution in [0.4, 0.5) is 13.2 Å². The van der Waals surface area contributed by atoms with Crippen molar-refractivity contribution in [1.82, 2.24) is 9.88 Å². The fourth-order valence-electron chi connectivity index (χ4n) is 3.22. The predicted octanol–water partition coefficient (Wildman–Crippen LogP) is 4.54. The molecule has 2 atom stereocenters. The Bertz CT molecular complexity index is 861. The van der Waals surface area contributed by atoms with Crippen molar-refractivity contribution in [2.24, 2.45) is 5.92 Å².